The average molecular weight is 481 g/mol. The molecule has 8 rings (SSSR count). The van der Waals surface area contributed by atoms with E-state index in [1.54, 1.807) is 0 Å². The summed E-state index contributed by atoms with van der Waals surface area (Å²) in [6.45, 7) is 0. The molecule has 0 amide bonds. The lowest BCUT2D eigenvalue weighted by Gasteiger charge is -2.10. The standard InChI is InChI=1S/C38H24/c1-3-7-35-26(5-1)11-15-32-21-30(17-19-37(32)35)28-13-9-25-10-14-29(24-34(25)23-28)31-18-20-38-33(22-31)16-12-27-6-2-4-8-36(27)38/h1-24H. The molecule has 0 aliphatic heterocycles. The topological polar surface area (TPSA) is 0 Å². The van der Waals surface area contributed by atoms with Crippen molar-refractivity contribution in [1.29, 1.82) is 0 Å². The number of benzene rings is 8. The third-order valence-corrected chi connectivity index (χ3v) is 8.00. The summed E-state index contributed by atoms with van der Waals surface area (Å²) in [5, 5.41) is 12.9. The van der Waals surface area contributed by atoms with Crippen molar-refractivity contribution in [3.05, 3.63) is 146 Å². The van der Waals surface area contributed by atoms with Crippen LogP contribution in [0.1, 0.15) is 0 Å². The molecule has 176 valence electrons. The van der Waals surface area contributed by atoms with Gasteiger partial charge in [0, 0.05) is 0 Å². The second-order valence-electron chi connectivity index (χ2n) is 10.2. The van der Waals surface area contributed by atoms with Gasteiger partial charge in [0.1, 0.15) is 0 Å². The molecule has 0 heteroatoms. The Morgan fingerprint density at radius 1 is 0.211 bits per heavy atom. The second-order valence-corrected chi connectivity index (χ2v) is 10.2. The van der Waals surface area contributed by atoms with E-state index in [0.717, 1.165) is 0 Å². The molecular weight excluding hydrogens is 456 g/mol. The van der Waals surface area contributed by atoms with Gasteiger partial charge in [-0.15, -0.1) is 0 Å². The molecular formula is C38H24. The quantitative estimate of drug-likeness (QED) is 0.216. The molecule has 8 aromatic rings. The molecule has 0 nitrogen and oxygen atoms in total. The average Bonchev–Trinajstić information content (AvgIpc) is 2.99. The molecule has 0 aromatic heterocycles. The maximum Gasteiger partial charge on any atom is -0.0105 e. The highest BCUT2D eigenvalue weighted by Crippen LogP contribution is 2.34. The van der Waals surface area contributed by atoms with Crippen LogP contribution < -0.4 is 0 Å². The normalized spacial score (nSPS) is 11.7. The number of fused-ring (bicyclic) bond motifs is 7. The molecule has 8 aromatic carbocycles. The molecule has 38 heavy (non-hydrogen) atoms. The van der Waals surface area contributed by atoms with Crippen molar-refractivity contribution in [3.8, 4) is 22.3 Å². The zero-order chi connectivity index (χ0) is 25.1. The van der Waals surface area contributed by atoms with Gasteiger partial charge in [0.15, 0.2) is 0 Å². The van der Waals surface area contributed by atoms with Crippen LogP contribution in [0, 0.1) is 0 Å². The Balaban J connectivity index is 1.22. The van der Waals surface area contributed by atoms with Crippen molar-refractivity contribution in [2.75, 3.05) is 0 Å². The van der Waals surface area contributed by atoms with Crippen LogP contribution in [0.3, 0.4) is 0 Å². The Bertz CT molecular complexity index is 2030. The lowest BCUT2D eigenvalue weighted by atomic mass is 9.94. The van der Waals surface area contributed by atoms with Gasteiger partial charge < -0.3 is 0 Å². The molecule has 0 aliphatic carbocycles. The largest absolute Gasteiger partial charge is 0.0616 e. The molecule has 0 spiro atoms. The fourth-order valence-electron chi connectivity index (χ4n) is 5.99. The van der Waals surface area contributed by atoms with Crippen molar-refractivity contribution in [2.24, 2.45) is 0 Å². The van der Waals surface area contributed by atoms with Crippen molar-refractivity contribution < 1.29 is 0 Å². The molecule has 0 saturated heterocycles. The van der Waals surface area contributed by atoms with Gasteiger partial charge in [-0.1, -0.05) is 121 Å². The van der Waals surface area contributed by atoms with Crippen LogP contribution in [0.4, 0.5) is 0 Å². The Kier molecular flexibility index (Phi) is 4.62. The molecule has 0 bridgehead atoms. The van der Waals surface area contributed by atoms with Gasteiger partial charge in [-0.2, -0.15) is 0 Å². The van der Waals surface area contributed by atoms with Crippen LogP contribution in [0.5, 0.6) is 0 Å². The highest BCUT2D eigenvalue weighted by Gasteiger charge is 2.07. The number of hydrogen-bond donors (Lipinski definition) is 0. The lowest BCUT2D eigenvalue weighted by molar-refractivity contribution is 1.66. The van der Waals surface area contributed by atoms with Crippen LogP contribution in [-0.4, -0.2) is 0 Å². The van der Waals surface area contributed by atoms with E-state index in [1.165, 1.54) is 76.1 Å². The number of rotatable bonds is 2. The Morgan fingerprint density at radius 2 is 0.553 bits per heavy atom. The van der Waals surface area contributed by atoms with E-state index in [9.17, 15) is 0 Å². The van der Waals surface area contributed by atoms with E-state index >= 15 is 0 Å². The second kappa shape index (κ2) is 8.30. The van der Waals surface area contributed by atoms with E-state index < -0.39 is 0 Å². The van der Waals surface area contributed by atoms with Gasteiger partial charge >= 0.3 is 0 Å². The maximum absolute atomic E-state index is 2.33. The zero-order valence-corrected chi connectivity index (χ0v) is 20.9. The molecule has 0 unspecified atom stereocenters. The first kappa shape index (κ1) is 21.2. The first-order chi connectivity index (χ1) is 18.8. The molecule has 0 N–H and O–H groups in total. The Labute approximate surface area is 221 Å². The van der Waals surface area contributed by atoms with Crippen LogP contribution in [-0.2, 0) is 0 Å². The van der Waals surface area contributed by atoms with Crippen molar-refractivity contribution in [3.63, 3.8) is 0 Å². The highest BCUT2D eigenvalue weighted by atomic mass is 14.1. The van der Waals surface area contributed by atoms with Crippen molar-refractivity contribution in [2.45, 2.75) is 0 Å². The highest BCUT2D eigenvalue weighted by molar-refractivity contribution is 6.09. The van der Waals surface area contributed by atoms with Gasteiger partial charge in [-0.25, -0.2) is 0 Å². The van der Waals surface area contributed by atoms with Crippen LogP contribution >= 0.6 is 0 Å². The van der Waals surface area contributed by atoms with E-state index in [4.69, 9.17) is 0 Å². The van der Waals surface area contributed by atoms with Gasteiger partial charge in [0.05, 0.1) is 0 Å². The summed E-state index contributed by atoms with van der Waals surface area (Å²) >= 11 is 0. The van der Waals surface area contributed by atoms with Gasteiger partial charge in [0.2, 0.25) is 0 Å². The predicted octanol–water partition coefficient (Wildman–Crippen LogP) is 10.8. The molecule has 0 aliphatic rings. The summed E-state index contributed by atoms with van der Waals surface area (Å²) in [4.78, 5) is 0. The summed E-state index contributed by atoms with van der Waals surface area (Å²) < 4.78 is 0. The van der Waals surface area contributed by atoms with E-state index in [-0.39, 0.29) is 0 Å². The van der Waals surface area contributed by atoms with Crippen LogP contribution in [0.15, 0.2) is 146 Å². The van der Waals surface area contributed by atoms with Gasteiger partial charge in [0.25, 0.3) is 0 Å². The summed E-state index contributed by atoms with van der Waals surface area (Å²) in [5.74, 6) is 0. The summed E-state index contributed by atoms with van der Waals surface area (Å²) in [7, 11) is 0. The molecule has 0 saturated carbocycles. The zero-order valence-electron chi connectivity index (χ0n) is 20.9. The fourth-order valence-corrected chi connectivity index (χ4v) is 5.99. The smallest absolute Gasteiger partial charge is 0.0105 e. The van der Waals surface area contributed by atoms with E-state index in [2.05, 4.69) is 146 Å². The fraction of sp³-hybridized carbons (Fsp3) is 0. The SMILES string of the molecule is c1ccc2c(c1)ccc1cc(-c3ccc4ccc(-c5ccc6c(ccc7ccccc76)c5)cc4c3)ccc12. The third kappa shape index (κ3) is 3.38. The Hall–Kier alpha value is -4.94. The monoisotopic (exact) mass is 480 g/mol. The van der Waals surface area contributed by atoms with Gasteiger partial charge in [-0.3, -0.25) is 0 Å². The minimum Gasteiger partial charge on any atom is -0.0616 e. The van der Waals surface area contributed by atoms with Crippen molar-refractivity contribution >= 4 is 53.9 Å². The van der Waals surface area contributed by atoms with Crippen LogP contribution in [0.2, 0.25) is 0 Å². The molecule has 0 heterocycles. The minimum atomic E-state index is 1.25. The first-order valence-electron chi connectivity index (χ1n) is 13.2. The van der Waals surface area contributed by atoms with Crippen molar-refractivity contribution in [1.82, 2.24) is 0 Å². The minimum absolute atomic E-state index is 1.25. The summed E-state index contributed by atoms with van der Waals surface area (Å²) in [5.41, 5.74) is 4.99. The molecule has 0 radical (unpaired) electrons. The van der Waals surface area contributed by atoms with E-state index in [0.29, 0.717) is 0 Å². The van der Waals surface area contributed by atoms with Gasteiger partial charge in [-0.05, 0) is 100 Å². The lowest BCUT2D eigenvalue weighted by Crippen LogP contribution is -1.84. The molecule has 0 fully saturated rings. The summed E-state index contributed by atoms with van der Waals surface area (Å²) in [6, 6.07) is 53.5. The first-order valence-corrected chi connectivity index (χ1v) is 13.2. The molecule has 0 atom stereocenters. The van der Waals surface area contributed by atoms with E-state index in [1.807, 2.05) is 0 Å². The number of hydrogen-bond acceptors (Lipinski definition) is 0. The maximum atomic E-state index is 2.33. The third-order valence-electron chi connectivity index (χ3n) is 8.00. The summed E-state index contributed by atoms with van der Waals surface area (Å²) in [6.07, 6.45) is 0. The Morgan fingerprint density at radius 3 is 1.05 bits per heavy atom. The predicted molar refractivity (Wildman–Crippen MR) is 165 cm³/mol. The van der Waals surface area contributed by atoms with Crippen LogP contribution in [0.25, 0.3) is 76.1 Å².